The molecule has 5 heavy (non-hydrogen) atoms. The molecule has 0 amide bonds. The van der Waals surface area contributed by atoms with Gasteiger partial charge in [0.15, 0.2) is 0 Å². The van der Waals surface area contributed by atoms with Crippen molar-refractivity contribution in [2.24, 2.45) is 0 Å². The van der Waals surface area contributed by atoms with E-state index >= 15 is 0 Å². The first-order valence-corrected chi connectivity index (χ1v) is 2.78. The van der Waals surface area contributed by atoms with Crippen LogP contribution in [0, 0.1) is 0 Å². The molecule has 0 aromatic rings. The van der Waals surface area contributed by atoms with Gasteiger partial charge in [-0.1, -0.05) is 0 Å². The topological polar surface area (TPSA) is 34.1 Å². The Morgan fingerprint density at radius 2 is 1.20 bits per heavy atom. The van der Waals surface area contributed by atoms with Crippen LogP contribution in [0.25, 0.3) is 0 Å². The normalized spacial score (nSPS) is 1.20. The molecule has 0 aliphatic rings. The van der Waals surface area contributed by atoms with Gasteiger partial charge >= 0.3 is 74.9 Å². The molecule has 2 nitrogen and oxygen atoms in total. The zero-order valence-electron chi connectivity index (χ0n) is 2.73. The Morgan fingerprint density at radius 3 is 1.20 bits per heavy atom. The monoisotopic (exact) mass is 318 g/mol. The van der Waals surface area contributed by atoms with Crippen LogP contribution in [-0.4, -0.2) is 48.3 Å². The van der Waals surface area contributed by atoms with Gasteiger partial charge < -0.3 is 0 Å². The summed E-state index contributed by atoms with van der Waals surface area (Å²) in [5, 5.41) is 0. The van der Waals surface area contributed by atoms with Crippen molar-refractivity contribution >= 4 is 48.3 Å². The maximum atomic E-state index is 8.42. The number of rotatable bonds is 0. The van der Waals surface area contributed by atoms with E-state index in [-0.39, 0.29) is 48.3 Å². The molecule has 0 aliphatic heterocycles. The molecular formula is H3InO2SnTi. The van der Waals surface area contributed by atoms with Crippen molar-refractivity contribution in [2.75, 3.05) is 0 Å². The van der Waals surface area contributed by atoms with Crippen LogP contribution in [0.2, 0.25) is 0 Å². The van der Waals surface area contributed by atoms with E-state index in [9.17, 15) is 0 Å². The van der Waals surface area contributed by atoms with Crippen LogP contribution in [-0.2, 0) is 26.6 Å². The van der Waals surface area contributed by atoms with E-state index in [1.807, 2.05) is 0 Å². The summed E-state index contributed by atoms with van der Waals surface area (Å²) in [6, 6.07) is 0. The van der Waals surface area contributed by atoms with Gasteiger partial charge in [0, 0.05) is 0 Å². The second-order valence-electron chi connectivity index (χ2n) is 0. The molecular weight excluding hydrogens is 313 g/mol. The Morgan fingerprint density at radius 1 is 1.20 bits per heavy atom. The summed E-state index contributed by atoms with van der Waals surface area (Å²) in [6.07, 6.45) is 0. The van der Waals surface area contributed by atoms with Gasteiger partial charge in [0.1, 0.15) is 0 Å². The Bertz CT molecular complexity index is 11.6. The van der Waals surface area contributed by atoms with Crippen molar-refractivity contribution < 1.29 is 26.6 Å². The van der Waals surface area contributed by atoms with Gasteiger partial charge in [-0.2, -0.15) is 0 Å². The summed E-state index contributed by atoms with van der Waals surface area (Å²) in [5.74, 6) is 0. The van der Waals surface area contributed by atoms with Crippen molar-refractivity contribution in [1.29, 1.82) is 0 Å². The Balaban J connectivity index is -0.0000000133. The maximum absolute atomic E-state index is 8.42. The molecule has 5 heteroatoms. The van der Waals surface area contributed by atoms with Crippen molar-refractivity contribution in [3.05, 3.63) is 0 Å². The first-order chi connectivity index (χ1) is 2.00. The Labute approximate surface area is 73.8 Å². The summed E-state index contributed by atoms with van der Waals surface area (Å²) in [4.78, 5) is 0. The molecule has 0 N–H and O–H groups in total. The molecule has 0 saturated carbocycles. The summed E-state index contributed by atoms with van der Waals surface area (Å²) < 4.78 is 16.7. The fourth-order valence-corrected chi connectivity index (χ4v) is 0. The molecule has 0 bridgehead atoms. The van der Waals surface area contributed by atoms with E-state index in [1.165, 1.54) is 0 Å². The summed E-state index contributed by atoms with van der Waals surface area (Å²) in [7, 11) is 0. The molecule has 0 unspecified atom stereocenters. The first-order valence-electron chi connectivity index (χ1n) is 0.493. The van der Waals surface area contributed by atoms with Gasteiger partial charge in [-0.15, -0.1) is 0 Å². The van der Waals surface area contributed by atoms with E-state index < -0.39 is 0 Å². The molecule has 0 spiro atoms. The third-order valence-electron chi connectivity index (χ3n) is 0. The van der Waals surface area contributed by atoms with Crippen molar-refractivity contribution in [2.45, 2.75) is 0 Å². The third-order valence-corrected chi connectivity index (χ3v) is 0. The van der Waals surface area contributed by atoms with Gasteiger partial charge in [0.2, 0.25) is 0 Å². The van der Waals surface area contributed by atoms with Gasteiger partial charge in [-0.25, -0.2) is 0 Å². The minimum absolute atomic E-state index is 0. The molecule has 0 fully saturated rings. The second-order valence-corrected chi connectivity index (χ2v) is 0. The van der Waals surface area contributed by atoms with Crippen LogP contribution < -0.4 is 0 Å². The number of hydrogen-bond acceptors (Lipinski definition) is 2. The Hall–Kier alpha value is 1.98. The average Bonchev–Trinajstić information content (AvgIpc) is 1.50. The predicted molar refractivity (Wildman–Crippen MR) is 17.1 cm³/mol. The predicted octanol–water partition coefficient (Wildman–Crippen LogP) is -1.80. The van der Waals surface area contributed by atoms with Crippen LogP contribution in [0.1, 0.15) is 0 Å². The van der Waals surface area contributed by atoms with Crippen LogP contribution in [0.3, 0.4) is 0 Å². The quantitative estimate of drug-likeness (QED) is 0.494. The second kappa shape index (κ2) is 37.8. The fraction of sp³-hybridized carbons (Fsp3) is 0. The van der Waals surface area contributed by atoms with Gasteiger partial charge in [0.25, 0.3) is 0 Å². The molecule has 0 atom stereocenters. The molecule has 0 aromatic heterocycles. The van der Waals surface area contributed by atoms with Crippen molar-refractivity contribution in [3.8, 4) is 0 Å². The van der Waals surface area contributed by atoms with E-state index in [1.54, 1.807) is 0 Å². The van der Waals surface area contributed by atoms with E-state index in [2.05, 4.69) is 0 Å². The average molecular weight is 316 g/mol. The summed E-state index contributed by atoms with van der Waals surface area (Å²) in [5.41, 5.74) is 0. The molecule has 0 rings (SSSR count). The van der Waals surface area contributed by atoms with Crippen LogP contribution in [0.5, 0.6) is 0 Å². The van der Waals surface area contributed by atoms with Crippen LogP contribution in [0.4, 0.5) is 0 Å². The third kappa shape index (κ3) is 24.1. The molecule has 0 aromatic carbocycles. The van der Waals surface area contributed by atoms with E-state index in [0.29, 0.717) is 0 Å². The zero-order chi connectivity index (χ0) is 4.00. The molecule has 2 radical (unpaired) electrons. The minimum atomic E-state index is -0.1000. The van der Waals surface area contributed by atoms with Crippen LogP contribution >= 0.6 is 0 Å². The van der Waals surface area contributed by atoms with Gasteiger partial charge in [0.05, 0.1) is 0 Å². The van der Waals surface area contributed by atoms with Crippen LogP contribution in [0.15, 0.2) is 0 Å². The molecule has 0 saturated heterocycles. The van der Waals surface area contributed by atoms with Gasteiger partial charge in [-0.3, -0.25) is 0 Å². The first kappa shape index (κ1) is 15.8. The molecule has 26 valence electrons. The van der Waals surface area contributed by atoms with E-state index in [0.717, 1.165) is 20.4 Å². The molecule has 0 heterocycles. The summed E-state index contributed by atoms with van der Waals surface area (Å²) in [6.45, 7) is 0. The summed E-state index contributed by atoms with van der Waals surface area (Å²) >= 11 is 0.650. The van der Waals surface area contributed by atoms with Crippen molar-refractivity contribution in [1.82, 2.24) is 0 Å². The number of hydrogen-bond donors (Lipinski definition) is 0. The molecule has 0 aliphatic carbocycles. The van der Waals surface area contributed by atoms with Gasteiger partial charge in [-0.05, 0) is 0 Å². The standard InChI is InChI=1S/In.2O.Sn.Ti.3H. The SMILES string of the molecule is [O]=[InH].[O]=[Ti].[SnH2]. The zero-order valence-corrected chi connectivity index (χ0v) is 12.4. The fourth-order valence-electron chi connectivity index (χ4n) is 0. The van der Waals surface area contributed by atoms with Crippen molar-refractivity contribution in [3.63, 3.8) is 0 Å². The Kier molecular flexibility index (Phi) is 119. The van der Waals surface area contributed by atoms with E-state index in [4.69, 9.17) is 6.18 Å².